The number of aromatic nitrogens is 1. The highest BCUT2D eigenvalue weighted by Crippen LogP contribution is 2.31. The minimum atomic E-state index is -3.84. The summed E-state index contributed by atoms with van der Waals surface area (Å²) >= 11 is 0. The van der Waals surface area contributed by atoms with Crippen LogP contribution in [0.25, 0.3) is 10.9 Å². The van der Waals surface area contributed by atoms with Crippen molar-refractivity contribution >= 4 is 27.0 Å². The van der Waals surface area contributed by atoms with Crippen LogP contribution in [-0.2, 0) is 27.6 Å². The van der Waals surface area contributed by atoms with E-state index in [0.29, 0.717) is 37.1 Å². The van der Waals surface area contributed by atoms with Crippen LogP contribution >= 0.6 is 0 Å². The van der Waals surface area contributed by atoms with Gasteiger partial charge in [-0.25, -0.2) is 17.2 Å². The van der Waals surface area contributed by atoms with E-state index in [1.165, 1.54) is 3.97 Å². The van der Waals surface area contributed by atoms with E-state index in [2.05, 4.69) is 13.2 Å². The minimum absolute atomic E-state index is 0.217. The van der Waals surface area contributed by atoms with E-state index in [1.54, 1.807) is 53.5 Å². The zero-order valence-corrected chi connectivity index (χ0v) is 20.8. The number of hydrogen-bond acceptors (Lipinski definition) is 4. The first-order chi connectivity index (χ1) is 16.1. The van der Waals surface area contributed by atoms with Crippen LogP contribution in [0.5, 0.6) is 0 Å². The predicted molar refractivity (Wildman–Crippen MR) is 137 cm³/mol. The summed E-state index contributed by atoms with van der Waals surface area (Å²) in [5.74, 6) is 0. The quantitative estimate of drug-likeness (QED) is 0.375. The Morgan fingerprint density at radius 3 is 2.29 bits per heavy atom. The summed E-state index contributed by atoms with van der Waals surface area (Å²) in [6, 6.07) is 15.8. The molecule has 3 rings (SSSR count). The molecule has 0 spiro atoms. The van der Waals surface area contributed by atoms with Gasteiger partial charge in [-0.3, -0.25) is 0 Å². The lowest BCUT2D eigenvalue weighted by Gasteiger charge is -2.26. The molecular weight excluding hydrogens is 448 g/mol. The predicted octanol–water partition coefficient (Wildman–Crippen LogP) is 5.57. The van der Waals surface area contributed by atoms with Crippen LogP contribution in [-0.4, -0.2) is 42.1 Å². The Morgan fingerprint density at radius 2 is 1.68 bits per heavy atom. The Balaban J connectivity index is 2.10. The van der Waals surface area contributed by atoms with Gasteiger partial charge in [0.1, 0.15) is 5.60 Å². The molecule has 0 bridgehead atoms. The Bertz CT molecular complexity index is 1290. The van der Waals surface area contributed by atoms with E-state index in [0.717, 1.165) is 10.9 Å². The van der Waals surface area contributed by atoms with Crippen molar-refractivity contribution < 1.29 is 17.9 Å². The summed E-state index contributed by atoms with van der Waals surface area (Å²) in [5, 5.41) is 0.835. The van der Waals surface area contributed by atoms with Crippen LogP contribution in [0.1, 0.15) is 32.0 Å². The molecule has 0 aliphatic rings. The minimum Gasteiger partial charge on any atom is -0.444 e. The summed E-state index contributed by atoms with van der Waals surface area (Å²) < 4.78 is 34.3. The van der Waals surface area contributed by atoms with Gasteiger partial charge in [0.2, 0.25) is 0 Å². The SMILES string of the molecule is C=CCc1c(CCN(CC=C)C(=O)OC(C)(C)C)c2ccccc2n1S(=O)(=O)c1ccccc1. The van der Waals surface area contributed by atoms with Gasteiger partial charge >= 0.3 is 6.09 Å². The molecule has 0 fully saturated rings. The fraction of sp³-hybridized carbons (Fsp3) is 0.296. The van der Waals surface area contributed by atoms with Gasteiger partial charge in [0.05, 0.1) is 10.4 Å². The van der Waals surface area contributed by atoms with Crippen LogP contribution in [0.2, 0.25) is 0 Å². The molecule has 2 aromatic carbocycles. The van der Waals surface area contributed by atoms with Gasteiger partial charge in [-0.05, 0) is 51.0 Å². The largest absolute Gasteiger partial charge is 0.444 e. The average molecular weight is 481 g/mol. The molecule has 0 aliphatic carbocycles. The molecule has 7 heteroatoms. The van der Waals surface area contributed by atoms with Gasteiger partial charge in [-0.15, -0.1) is 13.2 Å². The van der Waals surface area contributed by atoms with Crippen LogP contribution < -0.4 is 0 Å². The molecule has 3 aromatic rings. The number of ether oxygens (including phenoxy) is 1. The second-order valence-electron chi connectivity index (χ2n) is 8.98. The molecule has 1 aromatic heterocycles. The second-order valence-corrected chi connectivity index (χ2v) is 10.8. The summed E-state index contributed by atoms with van der Waals surface area (Å²) in [5.41, 5.74) is 1.49. The average Bonchev–Trinajstić information content (AvgIpc) is 3.10. The monoisotopic (exact) mass is 480 g/mol. The molecule has 0 saturated carbocycles. The molecule has 0 aliphatic heterocycles. The first-order valence-corrected chi connectivity index (χ1v) is 12.7. The molecule has 0 N–H and O–H groups in total. The molecule has 1 heterocycles. The van der Waals surface area contributed by atoms with E-state index in [1.807, 2.05) is 39.0 Å². The van der Waals surface area contributed by atoms with Crippen molar-refractivity contribution in [3.05, 3.63) is 91.2 Å². The number of hydrogen-bond donors (Lipinski definition) is 0. The number of allylic oxidation sites excluding steroid dienone is 1. The molecule has 0 radical (unpaired) electrons. The lowest BCUT2D eigenvalue weighted by Crippen LogP contribution is -2.38. The van der Waals surface area contributed by atoms with E-state index < -0.39 is 21.7 Å². The van der Waals surface area contributed by atoms with Gasteiger partial charge in [-0.2, -0.15) is 0 Å². The molecule has 1 amide bonds. The van der Waals surface area contributed by atoms with Gasteiger partial charge < -0.3 is 9.64 Å². The Morgan fingerprint density at radius 1 is 1.03 bits per heavy atom. The second kappa shape index (κ2) is 10.3. The first-order valence-electron chi connectivity index (χ1n) is 11.2. The first kappa shape index (κ1) is 25.3. The van der Waals surface area contributed by atoms with Crippen molar-refractivity contribution in [2.45, 2.75) is 44.1 Å². The fourth-order valence-corrected chi connectivity index (χ4v) is 5.51. The standard InChI is InChI=1S/C27H32N2O4S/c1-6-13-24-23(18-20-28(19-7-2)26(30)33-27(3,4)5)22-16-11-12-17-25(22)29(24)34(31,32)21-14-9-8-10-15-21/h6-12,14-17H,1-2,13,18-20H2,3-5H3. The van der Waals surface area contributed by atoms with E-state index >= 15 is 0 Å². The van der Waals surface area contributed by atoms with Gasteiger partial charge in [0, 0.05) is 30.6 Å². The number of nitrogens with zero attached hydrogens (tertiary/aromatic N) is 2. The number of para-hydroxylation sites is 1. The van der Waals surface area contributed by atoms with Crippen LogP contribution in [0.3, 0.4) is 0 Å². The molecule has 0 unspecified atom stereocenters. The van der Waals surface area contributed by atoms with E-state index in [9.17, 15) is 13.2 Å². The fourth-order valence-electron chi connectivity index (χ4n) is 3.91. The normalized spacial score (nSPS) is 11.9. The van der Waals surface area contributed by atoms with Crippen LogP contribution in [0.15, 0.2) is 84.8 Å². The van der Waals surface area contributed by atoms with Crippen molar-refractivity contribution in [2.24, 2.45) is 0 Å². The maximum Gasteiger partial charge on any atom is 0.410 e. The summed E-state index contributed by atoms with van der Waals surface area (Å²) in [4.78, 5) is 14.5. The van der Waals surface area contributed by atoms with Crippen molar-refractivity contribution in [1.29, 1.82) is 0 Å². The summed E-state index contributed by atoms with van der Waals surface area (Å²) in [7, 11) is -3.84. The molecule has 180 valence electrons. The van der Waals surface area contributed by atoms with Crippen LogP contribution in [0.4, 0.5) is 4.79 Å². The maximum atomic E-state index is 13.7. The number of fused-ring (bicyclic) bond motifs is 1. The number of benzene rings is 2. The smallest absolute Gasteiger partial charge is 0.410 e. The lowest BCUT2D eigenvalue weighted by atomic mass is 10.1. The summed E-state index contributed by atoms with van der Waals surface area (Å²) in [6.07, 6.45) is 3.73. The van der Waals surface area contributed by atoms with Crippen LogP contribution in [0, 0.1) is 0 Å². The number of carbonyl (C=O) groups excluding carboxylic acids is 1. The van der Waals surface area contributed by atoms with Crippen molar-refractivity contribution in [2.75, 3.05) is 13.1 Å². The van der Waals surface area contributed by atoms with Crippen molar-refractivity contribution in [1.82, 2.24) is 8.87 Å². The van der Waals surface area contributed by atoms with Gasteiger partial charge in [0.15, 0.2) is 0 Å². The summed E-state index contributed by atoms with van der Waals surface area (Å²) in [6.45, 7) is 13.7. The maximum absolute atomic E-state index is 13.7. The third-order valence-electron chi connectivity index (χ3n) is 5.29. The highest BCUT2D eigenvalue weighted by atomic mass is 32.2. The number of amides is 1. The van der Waals surface area contributed by atoms with Crippen molar-refractivity contribution in [3.63, 3.8) is 0 Å². The Hall–Kier alpha value is -3.32. The third-order valence-corrected chi connectivity index (χ3v) is 7.06. The van der Waals surface area contributed by atoms with E-state index in [-0.39, 0.29) is 4.90 Å². The Labute approximate surface area is 202 Å². The molecule has 0 saturated heterocycles. The van der Waals surface area contributed by atoms with E-state index in [4.69, 9.17) is 4.74 Å². The van der Waals surface area contributed by atoms with Gasteiger partial charge in [-0.1, -0.05) is 48.6 Å². The van der Waals surface area contributed by atoms with Crippen molar-refractivity contribution in [3.8, 4) is 0 Å². The molecule has 34 heavy (non-hydrogen) atoms. The van der Waals surface area contributed by atoms with Gasteiger partial charge in [0.25, 0.3) is 10.0 Å². The highest BCUT2D eigenvalue weighted by Gasteiger charge is 2.27. The zero-order valence-electron chi connectivity index (χ0n) is 20.0. The molecule has 6 nitrogen and oxygen atoms in total. The molecule has 0 atom stereocenters. The lowest BCUT2D eigenvalue weighted by molar-refractivity contribution is 0.0274. The Kier molecular flexibility index (Phi) is 7.67. The number of carbonyl (C=O) groups is 1. The topological polar surface area (TPSA) is 68.6 Å². The third kappa shape index (κ3) is 5.42. The molecular formula is C27H32N2O4S. The highest BCUT2D eigenvalue weighted by molar-refractivity contribution is 7.90. The zero-order chi connectivity index (χ0) is 24.9. The number of rotatable bonds is 9.